The Hall–Kier alpha value is -1.97. The zero-order valence-electron chi connectivity index (χ0n) is 13.0. The maximum absolute atomic E-state index is 12.0. The number of ether oxygens (including phenoxy) is 1. The summed E-state index contributed by atoms with van der Waals surface area (Å²) in [6, 6.07) is 8.11. The number of para-hydroxylation sites is 1. The van der Waals surface area contributed by atoms with Gasteiger partial charge in [0.15, 0.2) is 6.10 Å². The first kappa shape index (κ1) is 14.0. The molecule has 1 aliphatic rings. The molecule has 112 valence electrons. The number of furan rings is 1. The number of carbonyl (C=O) groups is 1. The van der Waals surface area contributed by atoms with Crippen LogP contribution in [0.4, 0.5) is 4.79 Å². The maximum Gasteiger partial charge on any atom is 0.411 e. The van der Waals surface area contributed by atoms with Crippen LogP contribution >= 0.6 is 0 Å². The van der Waals surface area contributed by atoms with Gasteiger partial charge in [-0.3, -0.25) is 4.90 Å². The second-order valence-corrected chi connectivity index (χ2v) is 6.49. The summed E-state index contributed by atoms with van der Waals surface area (Å²) < 4.78 is 11.5. The first-order valence-electron chi connectivity index (χ1n) is 7.39. The highest BCUT2D eigenvalue weighted by molar-refractivity contribution is 5.81. The van der Waals surface area contributed by atoms with Crippen LogP contribution in [0.25, 0.3) is 11.0 Å². The van der Waals surface area contributed by atoms with Crippen LogP contribution in [0.5, 0.6) is 0 Å². The molecule has 0 spiro atoms. The molecule has 0 bridgehead atoms. The lowest BCUT2D eigenvalue weighted by Gasteiger charge is -2.28. The average Bonchev–Trinajstić information content (AvgIpc) is 3.00. The van der Waals surface area contributed by atoms with Crippen LogP contribution in [0.1, 0.15) is 45.1 Å². The molecule has 4 nitrogen and oxygen atoms in total. The highest BCUT2D eigenvalue weighted by Crippen LogP contribution is 2.34. The van der Waals surface area contributed by atoms with E-state index < -0.39 is 0 Å². The normalized spacial score (nSPS) is 19.3. The van der Waals surface area contributed by atoms with E-state index in [1.54, 1.807) is 4.90 Å². The van der Waals surface area contributed by atoms with Crippen molar-refractivity contribution in [1.29, 1.82) is 0 Å². The van der Waals surface area contributed by atoms with Gasteiger partial charge in [0.05, 0.1) is 6.54 Å². The van der Waals surface area contributed by atoms with Crippen LogP contribution in [0.3, 0.4) is 0 Å². The number of amides is 1. The molecule has 0 saturated carbocycles. The lowest BCUT2D eigenvalue weighted by atomic mass is 10.1. The largest absolute Gasteiger partial charge is 0.457 e. The van der Waals surface area contributed by atoms with Crippen molar-refractivity contribution in [2.45, 2.75) is 45.8 Å². The third-order valence-electron chi connectivity index (χ3n) is 3.96. The highest BCUT2D eigenvalue weighted by Gasteiger charge is 2.40. The zero-order chi connectivity index (χ0) is 15.2. The summed E-state index contributed by atoms with van der Waals surface area (Å²) in [4.78, 5) is 13.7. The van der Waals surface area contributed by atoms with Gasteiger partial charge in [-0.05, 0) is 38.8 Å². The van der Waals surface area contributed by atoms with Crippen molar-refractivity contribution >= 4 is 17.1 Å². The Labute approximate surface area is 124 Å². The third-order valence-corrected chi connectivity index (χ3v) is 3.96. The molecular formula is C17H21NO3. The van der Waals surface area contributed by atoms with Crippen molar-refractivity contribution < 1.29 is 13.9 Å². The molecule has 1 fully saturated rings. The van der Waals surface area contributed by atoms with Crippen molar-refractivity contribution in [2.75, 3.05) is 6.54 Å². The summed E-state index contributed by atoms with van der Waals surface area (Å²) >= 11 is 0. The van der Waals surface area contributed by atoms with E-state index >= 15 is 0 Å². The van der Waals surface area contributed by atoms with Crippen LogP contribution in [-0.2, 0) is 11.2 Å². The Morgan fingerprint density at radius 2 is 2.10 bits per heavy atom. The van der Waals surface area contributed by atoms with E-state index in [9.17, 15) is 4.79 Å². The van der Waals surface area contributed by atoms with Crippen LogP contribution < -0.4 is 0 Å². The van der Waals surface area contributed by atoms with Crippen molar-refractivity contribution in [2.24, 2.45) is 0 Å². The van der Waals surface area contributed by atoms with Crippen molar-refractivity contribution in [1.82, 2.24) is 4.90 Å². The topological polar surface area (TPSA) is 42.7 Å². The molecule has 1 amide bonds. The standard InChI is InChI=1S/C17H21NO3/c1-5-11-7-6-8-12-9-13(20-15(11)12)14-10-18(16(19)21-14)17(2,3)4/h6-9,14H,5,10H2,1-4H3. The Bertz CT molecular complexity index is 681. The maximum atomic E-state index is 12.0. The van der Waals surface area contributed by atoms with Gasteiger partial charge in [0.2, 0.25) is 0 Å². The number of nitrogens with zero attached hydrogens (tertiary/aromatic N) is 1. The smallest absolute Gasteiger partial charge is 0.411 e. The van der Waals surface area contributed by atoms with E-state index in [1.165, 1.54) is 5.56 Å². The van der Waals surface area contributed by atoms with Gasteiger partial charge in [-0.25, -0.2) is 4.79 Å². The van der Waals surface area contributed by atoms with Crippen LogP contribution in [0.2, 0.25) is 0 Å². The van der Waals surface area contributed by atoms with Crippen LogP contribution in [0, 0.1) is 0 Å². The van der Waals surface area contributed by atoms with Crippen molar-refractivity contribution in [3.63, 3.8) is 0 Å². The number of aryl methyl sites for hydroxylation is 1. The minimum atomic E-state index is -0.325. The van der Waals surface area contributed by atoms with Gasteiger partial charge in [-0.15, -0.1) is 0 Å². The Kier molecular flexibility index (Phi) is 3.19. The number of carbonyl (C=O) groups excluding carboxylic acids is 1. The Morgan fingerprint density at radius 1 is 1.33 bits per heavy atom. The Balaban J connectivity index is 1.94. The monoisotopic (exact) mass is 287 g/mol. The molecule has 0 aliphatic carbocycles. The highest BCUT2D eigenvalue weighted by atomic mass is 16.6. The van der Waals surface area contributed by atoms with Gasteiger partial charge in [0, 0.05) is 10.9 Å². The predicted molar refractivity (Wildman–Crippen MR) is 81.3 cm³/mol. The number of fused-ring (bicyclic) bond motifs is 1. The molecule has 0 radical (unpaired) electrons. The van der Waals surface area contributed by atoms with Gasteiger partial charge >= 0.3 is 6.09 Å². The minimum absolute atomic E-state index is 0.244. The van der Waals surface area contributed by atoms with Crippen molar-refractivity contribution in [3.8, 4) is 0 Å². The zero-order valence-corrected chi connectivity index (χ0v) is 13.0. The summed E-state index contributed by atoms with van der Waals surface area (Å²) in [6.45, 7) is 8.65. The van der Waals surface area contributed by atoms with Crippen molar-refractivity contribution in [3.05, 3.63) is 35.6 Å². The molecule has 2 aromatic rings. The molecule has 0 N–H and O–H groups in total. The molecule has 4 heteroatoms. The van der Waals surface area contributed by atoms with Gasteiger partial charge in [-0.2, -0.15) is 0 Å². The predicted octanol–water partition coefficient (Wildman–Crippen LogP) is 4.29. The number of cyclic esters (lactones) is 1. The fourth-order valence-electron chi connectivity index (χ4n) is 2.74. The first-order chi connectivity index (χ1) is 9.90. The number of benzene rings is 1. The second-order valence-electron chi connectivity index (χ2n) is 6.49. The van der Waals surface area contributed by atoms with Gasteiger partial charge < -0.3 is 9.15 Å². The van der Waals surface area contributed by atoms with Crippen LogP contribution in [-0.4, -0.2) is 23.1 Å². The molecule has 2 heterocycles. The van der Waals surface area contributed by atoms with E-state index in [4.69, 9.17) is 9.15 Å². The number of hydrogen-bond donors (Lipinski definition) is 0. The second kappa shape index (κ2) is 4.79. The molecule has 1 saturated heterocycles. The summed E-state index contributed by atoms with van der Waals surface area (Å²) in [5, 5.41) is 1.06. The Morgan fingerprint density at radius 3 is 2.71 bits per heavy atom. The average molecular weight is 287 g/mol. The quantitative estimate of drug-likeness (QED) is 0.827. The van der Waals surface area contributed by atoms with Gasteiger partial charge in [0.25, 0.3) is 0 Å². The number of rotatable bonds is 2. The van der Waals surface area contributed by atoms with E-state index in [-0.39, 0.29) is 17.7 Å². The van der Waals surface area contributed by atoms with Gasteiger partial charge in [0.1, 0.15) is 11.3 Å². The van der Waals surface area contributed by atoms with E-state index in [0.717, 1.165) is 23.2 Å². The van der Waals surface area contributed by atoms with E-state index in [2.05, 4.69) is 13.0 Å². The van der Waals surface area contributed by atoms with Crippen LogP contribution in [0.15, 0.2) is 28.7 Å². The fraction of sp³-hybridized carbons (Fsp3) is 0.471. The molecule has 21 heavy (non-hydrogen) atoms. The molecule has 1 aromatic heterocycles. The molecule has 1 unspecified atom stereocenters. The molecule has 1 aromatic carbocycles. The SMILES string of the molecule is CCc1cccc2cc(C3CN(C(C)(C)C)C(=O)O3)oc12. The first-order valence-corrected chi connectivity index (χ1v) is 7.39. The number of hydrogen-bond acceptors (Lipinski definition) is 3. The summed E-state index contributed by atoms with van der Waals surface area (Å²) in [5.41, 5.74) is 1.84. The fourth-order valence-corrected chi connectivity index (χ4v) is 2.74. The summed E-state index contributed by atoms with van der Waals surface area (Å²) in [6.07, 6.45) is 0.320. The minimum Gasteiger partial charge on any atom is -0.457 e. The van der Waals surface area contributed by atoms with E-state index in [1.807, 2.05) is 39.0 Å². The molecule has 1 aliphatic heterocycles. The third kappa shape index (κ3) is 2.39. The lowest BCUT2D eigenvalue weighted by Crippen LogP contribution is -2.41. The molecular weight excluding hydrogens is 266 g/mol. The van der Waals surface area contributed by atoms with E-state index in [0.29, 0.717) is 6.54 Å². The summed E-state index contributed by atoms with van der Waals surface area (Å²) in [7, 11) is 0. The lowest BCUT2D eigenvalue weighted by molar-refractivity contribution is 0.114. The van der Waals surface area contributed by atoms with Gasteiger partial charge in [-0.1, -0.05) is 25.1 Å². The molecule has 1 atom stereocenters. The molecule has 3 rings (SSSR count). The summed E-state index contributed by atoms with van der Waals surface area (Å²) in [5.74, 6) is 0.728.